The lowest BCUT2D eigenvalue weighted by molar-refractivity contribution is 0.0984. The van der Waals surface area contributed by atoms with Gasteiger partial charge in [-0.15, -0.1) is 0 Å². The van der Waals surface area contributed by atoms with Crippen molar-refractivity contribution in [1.29, 1.82) is 0 Å². The number of benzene rings is 2. The summed E-state index contributed by atoms with van der Waals surface area (Å²) in [6.07, 6.45) is -0.163. The largest absolute Gasteiger partial charge is 0.294 e. The molecule has 0 N–H and O–H groups in total. The Kier molecular flexibility index (Phi) is 3.93. The maximum Gasteiger partial charge on any atom is 0.173 e. The summed E-state index contributed by atoms with van der Waals surface area (Å²) in [6, 6.07) is 6.31. The Morgan fingerprint density at radius 3 is 2.35 bits per heavy atom. The van der Waals surface area contributed by atoms with Crippen molar-refractivity contribution in [2.45, 2.75) is 20.3 Å². The number of hydrogen-bond donors (Lipinski definition) is 0. The minimum Gasteiger partial charge on any atom is -0.294 e. The first-order chi connectivity index (χ1) is 9.40. The van der Waals surface area contributed by atoms with Crippen molar-refractivity contribution in [3.63, 3.8) is 0 Å². The molecule has 0 saturated carbocycles. The molecule has 0 atom stereocenters. The first-order valence-corrected chi connectivity index (χ1v) is 6.13. The van der Waals surface area contributed by atoms with Gasteiger partial charge >= 0.3 is 0 Å². The third-order valence-corrected chi connectivity index (χ3v) is 3.22. The minimum absolute atomic E-state index is 0.163. The van der Waals surface area contributed by atoms with Crippen molar-refractivity contribution in [2.75, 3.05) is 0 Å². The average Bonchev–Trinajstić information content (AvgIpc) is 2.38. The monoisotopic (exact) mass is 278 g/mol. The van der Waals surface area contributed by atoms with Gasteiger partial charge in [0.05, 0.1) is 5.56 Å². The molecule has 2 rings (SSSR count). The second-order valence-corrected chi connectivity index (χ2v) is 4.72. The molecule has 0 saturated heterocycles. The van der Waals surface area contributed by atoms with Crippen LogP contribution < -0.4 is 0 Å². The number of carbonyl (C=O) groups excluding carboxylic acids is 1. The van der Waals surface area contributed by atoms with Crippen LogP contribution in [0.25, 0.3) is 0 Å². The van der Waals surface area contributed by atoms with E-state index in [-0.39, 0.29) is 12.0 Å². The van der Waals surface area contributed by atoms with Crippen LogP contribution in [0.1, 0.15) is 27.0 Å². The first kappa shape index (κ1) is 14.3. The highest BCUT2D eigenvalue weighted by atomic mass is 19.1. The normalized spacial score (nSPS) is 10.7. The Bertz CT molecular complexity index is 678. The second-order valence-electron chi connectivity index (χ2n) is 4.72. The van der Waals surface area contributed by atoms with E-state index in [0.29, 0.717) is 11.1 Å². The molecule has 2 aromatic carbocycles. The lowest BCUT2D eigenvalue weighted by atomic mass is 9.97. The zero-order chi connectivity index (χ0) is 14.9. The lowest BCUT2D eigenvalue weighted by Gasteiger charge is -2.08. The Morgan fingerprint density at radius 2 is 1.70 bits per heavy atom. The van der Waals surface area contributed by atoms with Crippen molar-refractivity contribution < 1.29 is 18.0 Å². The molecule has 1 nitrogen and oxygen atoms in total. The second kappa shape index (κ2) is 5.49. The fraction of sp³-hybridized carbons (Fsp3) is 0.188. The van der Waals surface area contributed by atoms with E-state index >= 15 is 0 Å². The molecular weight excluding hydrogens is 265 g/mol. The number of aryl methyl sites for hydroxylation is 2. The third kappa shape index (κ3) is 2.74. The molecule has 0 radical (unpaired) electrons. The van der Waals surface area contributed by atoms with Gasteiger partial charge in [-0.2, -0.15) is 0 Å². The van der Waals surface area contributed by atoms with Gasteiger partial charge in [0, 0.05) is 6.42 Å². The number of carbonyl (C=O) groups is 1. The predicted molar refractivity (Wildman–Crippen MR) is 70.3 cm³/mol. The van der Waals surface area contributed by atoms with Gasteiger partial charge in [-0.3, -0.25) is 4.79 Å². The summed E-state index contributed by atoms with van der Waals surface area (Å²) in [7, 11) is 0. The predicted octanol–water partition coefficient (Wildman–Crippen LogP) is 4.15. The number of rotatable bonds is 3. The molecule has 4 heteroatoms. The Morgan fingerprint density at radius 1 is 1.00 bits per heavy atom. The van der Waals surface area contributed by atoms with Crippen molar-refractivity contribution in [2.24, 2.45) is 0 Å². The molecule has 20 heavy (non-hydrogen) atoms. The van der Waals surface area contributed by atoms with Crippen LogP contribution in [-0.4, -0.2) is 5.78 Å². The van der Waals surface area contributed by atoms with Crippen LogP contribution in [-0.2, 0) is 6.42 Å². The van der Waals surface area contributed by atoms with E-state index in [0.717, 1.165) is 6.07 Å². The molecule has 0 unspecified atom stereocenters. The molecule has 0 heterocycles. The molecule has 0 aromatic heterocycles. The number of halogens is 3. The lowest BCUT2D eigenvalue weighted by Crippen LogP contribution is -2.11. The van der Waals surface area contributed by atoms with Crippen LogP contribution in [0.5, 0.6) is 0 Å². The third-order valence-electron chi connectivity index (χ3n) is 3.22. The highest BCUT2D eigenvalue weighted by Crippen LogP contribution is 2.20. The molecule has 0 amide bonds. The summed E-state index contributed by atoms with van der Waals surface area (Å²) in [6.45, 7) is 3.11. The zero-order valence-electron chi connectivity index (χ0n) is 11.1. The SMILES string of the molecule is Cc1cc(F)ccc1CC(=O)c1c(F)ccc(C)c1F. The summed E-state index contributed by atoms with van der Waals surface area (Å²) in [4.78, 5) is 12.1. The molecule has 0 bridgehead atoms. The summed E-state index contributed by atoms with van der Waals surface area (Å²) >= 11 is 0. The average molecular weight is 278 g/mol. The Labute approximate surface area is 115 Å². The zero-order valence-corrected chi connectivity index (χ0v) is 11.1. The van der Waals surface area contributed by atoms with Gasteiger partial charge in [0.25, 0.3) is 0 Å². The molecule has 0 aliphatic rings. The maximum atomic E-state index is 13.9. The van der Waals surface area contributed by atoms with Crippen molar-refractivity contribution in [1.82, 2.24) is 0 Å². The fourth-order valence-electron chi connectivity index (χ4n) is 2.03. The summed E-state index contributed by atoms with van der Waals surface area (Å²) in [5, 5.41) is 0. The summed E-state index contributed by atoms with van der Waals surface area (Å²) in [5.74, 6) is -2.78. The molecule has 0 aliphatic carbocycles. The van der Waals surface area contributed by atoms with Gasteiger partial charge in [-0.1, -0.05) is 12.1 Å². The fourth-order valence-corrected chi connectivity index (χ4v) is 2.03. The Balaban J connectivity index is 2.36. The van der Waals surface area contributed by atoms with E-state index in [9.17, 15) is 18.0 Å². The van der Waals surface area contributed by atoms with Crippen molar-refractivity contribution in [3.8, 4) is 0 Å². The topological polar surface area (TPSA) is 17.1 Å². The van der Waals surface area contributed by atoms with Crippen molar-refractivity contribution in [3.05, 3.63) is 70.0 Å². The first-order valence-electron chi connectivity index (χ1n) is 6.13. The van der Waals surface area contributed by atoms with Crippen molar-refractivity contribution >= 4 is 5.78 Å². The van der Waals surface area contributed by atoms with E-state index < -0.39 is 28.8 Å². The number of hydrogen-bond acceptors (Lipinski definition) is 1. The smallest absolute Gasteiger partial charge is 0.173 e. The van der Waals surface area contributed by atoms with E-state index in [1.165, 1.54) is 31.2 Å². The Hall–Kier alpha value is -2.10. The maximum absolute atomic E-state index is 13.9. The van der Waals surface area contributed by atoms with Crippen LogP contribution in [0.2, 0.25) is 0 Å². The molecule has 2 aromatic rings. The quantitative estimate of drug-likeness (QED) is 0.771. The van der Waals surface area contributed by atoms with Crippen LogP contribution in [0, 0.1) is 31.3 Å². The van der Waals surface area contributed by atoms with Gasteiger partial charge in [-0.25, -0.2) is 13.2 Å². The minimum atomic E-state index is -0.877. The molecule has 0 aliphatic heterocycles. The number of Topliss-reactive ketones (excluding diaryl/α,β-unsaturated/α-hetero) is 1. The van der Waals surface area contributed by atoms with Gasteiger partial charge < -0.3 is 0 Å². The van der Waals surface area contributed by atoms with Crippen LogP contribution >= 0.6 is 0 Å². The molecule has 104 valence electrons. The van der Waals surface area contributed by atoms with Crippen LogP contribution in [0.3, 0.4) is 0 Å². The molecule has 0 spiro atoms. The summed E-state index contributed by atoms with van der Waals surface area (Å²) in [5.41, 5.74) is 0.808. The standard InChI is InChI=1S/C16H13F3O/c1-9-3-6-13(18)15(16(9)19)14(20)8-11-4-5-12(17)7-10(11)2/h3-7H,8H2,1-2H3. The van der Waals surface area contributed by atoms with Gasteiger partial charge in [-0.05, 0) is 48.7 Å². The molecular formula is C16H13F3O. The molecule has 0 fully saturated rings. The van der Waals surface area contributed by atoms with Crippen LogP contribution in [0.4, 0.5) is 13.2 Å². The van der Waals surface area contributed by atoms with E-state index in [1.807, 2.05) is 0 Å². The van der Waals surface area contributed by atoms with E-state index in [2.05, 4.69) is 0 Å². The summed E-state index contributed by atoms with van der Waals surface area (Å²) < 4.78 is 40.5. The van der Waals surface area contributed by atoms with Gasteiger partial charge in [0.2, 0.25) is 0 Å². The highest BCUT2D eigenvalue weighted by molar-refractivity contribution is 5.98. The van der Waals surface area contributed by atoms with E-state index in [1.54, 1.807) is 6.92 Å². The van der Waals surface area contributed by atoms with Gasteiger partial charge in [0.15, 0.2) is 5.78 Å². The van der Waals surface area contributed by atoms with Crippen LogP contribution in [0.15, 0.2) is 30.3 Å². The highest BCUT2D eigenvalue weighted by Gasteiger charge is 2.19. The van der Waals surface area contributed by atoms with E-state index in [4.69, 9.17) is 0 Å². The van der Waals surface area contributed by atoms with Gasteiger partial charge in [0.1, 0.15) is 17.5 Å². The number of ketones is 1.